The molecule has 0 aliphatic heterocycles. The van der Waals surface area contributed by atoms with Crippen LogP contribution in [0.4, 0.5) is 4.39 Å². The molecular weight excluding hydrogens is 177 g/mol. The molecule has 0 amide bonds. The summed E-state index contributed by atoms with van der Waals surface area (Å²) in [6, 6.07) is 3.34. The first-order valence-corrected chi connectivity index (χ1v) is 5.37. The normalized spacial score (nSPS) is 27.6. The van der Waals surface area contributed by atoms with E-state index in [0.717, 1.165) is 5.92 Å². The van der Waals surface area contributed by atoms with E-state index in [9.17, 15) is 4.39 Å². The van der Waals surface area contributed by atoms with Gasteiger partial charge in [-0.3, -0.25) is 0 Å². The Morgan fingerprint density at radius 1 is 1.21 bits per heavy atom. The Labute approximate surface area is 84.4 Å². The van der Waals surface area contributed by atoms with Gasteiger partial charge in [0.25, 0.3) is 0 Å². The molecule has 2 heteroatoms. The number of hydrogen-bond donors (Lipinski definition) is 0. The molecule has 0 aromatic carbocycles. The third-order valence-corrected chi connectivity index (χ3v) is 3.24. The van der Waals surface area contributed by atoms with E-state index >= 15 is 0 Å². The highest BCUT2D eigenvalue weighted by molar-refractivity contribution is 5.15. The van der Waals surface area contributed by atoms with Gasteiger partial charge in [-0.05, 0) is 36.3 Å². The number of halogens is 1. The Morgan fingerprint density at radius 3 is 2.50 bits per heavy atom. The van der Waals surface area contributed by atoms with E-state index in [1.165, 1.54) is 37.3 Å². The van der Waals surface area contributed by atoms with Gasteiger partial charge in [0, 0.05) is 6.20 Å². The minimum atomic E-state index is -0.377. The minimum absolute atomic E-state index is 0.377. The highest BCUT2D eigenvalue weighted by Gasteiger charge is 2.19. The van der Waals surface area contributed by atoms with Gasteiger partial charge in [0.1, 0.15) is 0 Å². The van der Waals surface area contributed by atoms with E-state index in [-0.39, 0.29) is 5.95 Å². The topological polar surface area (TPSA) is 12.9 Å². The summed E-state index contributed by atoms with van der Waals surface area (Å²) in [6.45, 7) is 2.30. The fraction of sp³-hybridized carbons (Fsp3) is 0.583. The molecule has 0 unspecified atom stereocenters. The smallest absolute Gasteiger partial charge is 0.212 e. The van der Waals surface area contributed by atoms with Gasteiger partial charge in [0.05, 0.1) is 0 Å². The monoisotopic (exact) mass is 193 g/mol. The summed E-state index contributed by atoms with van der Waals surface area (Å²) in [5.74, 6) is 1.09. The Balaban J connectivity index is 2.05. The van der Waals surface area contributed by atoms with Gasteiger partial charge in [-0.15, -0.1) is 0 Å². The summed E-state index contributed by atoms with van der Waals surface area (Å²) in [4.78, 5) is 3.71. The average Bonchev–Trinajstić information content (AvgIpc) is 2.21. The third-order valence-electron chi connectivity index (χ3n) is 3.24. The van der Waals surface area contributed by atoms with Crippen LogP contribution in [0.1, 0.15) is 44.1 Å². The van der Waals surface area contributed by atoms with Crippen LogP contribution in [-0.2, 0) is 0 Å². The Morgan fingerprint density at radius 2 is 1.93 bits per heavy atom. The number of aromatic nitrogens is 1. The van der Waals surface area contributed by atoms with Crippen molar-refractivity contribution in [1.82, 2.24) is 4.98 Å². The zero-order valence-corrected chi connectivity index (χ0v) is 8.54. The first-order valence-electron chi connectivity index (χ1n) is 5.37. The largest absolute Gasteiger partial charge is 0.228 e. The first-order chi connectivity index (χ1) is 6.75. The van der Waals surface area contributed by atoms with Crippen LogP contribution in [0.5, 0.6) is 0 Å². The van der Waals surface area contributed by atoms with Crippen molar-refractivity contribution in [3.05, 3.63) is 29.8 Å². The van der Waals surface area contributed by atoms with Crippen LogP contribution in [0.25, 0.3) is 0 Å². The number of rotatable bonds is 1. The van der Waals surface area contributed by atoms with Crippen LogP contribution in [0.15, 0.2) is 18.3 Å². The standard InChI is InChI=1S/C12H16FN/c1-9-2-4-10(5-3-9)11-6-7-12(13)14-8-11/h6-10H,2-5H2,1H3. The predicted molar refractivity (Wildman–Crippen MR) is 54.6 cm³/mol. The molecule has 1 nitrogen and oxygen atoms in total. The molecule has 14 heavy (non-hydrogen) atoms. The molecule has 76 valence electrons. The zero-order valence-electron chi connectivity index (χ0n) is 8.54. The Kier molecular flexibility index (Phi) is 2.80. The molecule has 1 aromatic rings. The molecule has 0 saturated heterocycles. The average molecular weight is 193 g/mol. The third kappa shape index (κ3) is 2.11. The van der Waals surface area contributed by atoms with Crippen molar-refractivity contribution in [2.75, 3.05) is 0 Å². The molecular formula is C12H16FN. The van der Waals surface area contributed by atoms with Gasteiger partial charge in [-0.1, -0.05) is 25.8 Å². The van der Waals surface area contributed by atoms with E-state index < -0.39 is 0 Å². The van der Waals surface area contributed by atoms with E-state index in [0.29, 0.717) is 5.92 Å². The van der Waals surface area contributed by atoms with Crippen molar-refractivity contribution in [2.45, 2.75) is 38.5 Å². The van der Waals surface area contributed by atoms with Gasteiger partial charge < -0.3 is 0 Å². The maximum atomic E-state index is 12.6. The van der Waals surface area contributed by atoms with Crippen molar-refractivity contribution >= 4 is 0 Å². The molecule has 1 aromatic heterocycles. The predicted octanol–water partition coefficient (Wildman–Crippen LogP) is 3.51. The molecule has 1 fully saturated rings. The quantitative estimate of drug-likeness (QED) is 0.622. The van der Waals surface area contributed by atoms with Crippen LogP contribution in [0.2, 0.25) is 0 Å². The molecule has 1 aliphatic carbocycles. The number of pyridine rings is 1. The first kappa shape index (κ1) is 9.63. The summed E-state index contributed by atoms with van der Waals surface area (Å²) < 4.78 is 12.6. The second kappa shape index (κ2) is 4.07. The molecule has 0 radical (unpaired) electrons. The van der Waals surface area contributed by atoms with Gasteiger partial charge >= 0.3 is 0 Å². The zero-order chi connectivity index (χ0) is 9.97. The molecule has 0 spiro atoms. The molecule has 0 bridgehead atoms. The van der Waals surface area contributed by atoms with Gasteiger partial charge in [0.15, 0.2) is 0 Å². The second-order valence-electron chi connectivity index (χ2n) is 4.37. The van der Waals surface area contributed by atoms with Crippen molar-refractivity contribution in [1.29, 1.82) is 0 Å². The van der Waals surface area contributed by atoms with Crippen molar-refractivity contribution < 1.29 is 4.39 Å². The lowest BCUT2D eigenvalue weighted by Gasteiger charge is -2.26. The van der Waals surface area contributed by atoms with Crippen molar-refractivity contribution in [2.24, 2.45) is 5.92 Å². The molecule has 0 atom stereocenters. The van der Waals surface area contributed by atoms with Crippen molar-refractivity contribution in [3.8, 4) is 0 Å². The SMILES string of the molecule is CC1CCC(c2ccc(F)nc2)CC1. The molecule has 1 aliphatic rings. The lowest BCUT2D eigenvalue weighted by atomic mass is 9.80. The fourth-order valence-corrected chi connectivity index (χ4v) is 2.22. The molecule has 1 heterocycles. The van der Waals surface area contributed by atoms with E-state index in [4.69, 9.17) is 0 Å². The van der Waals surface area contributed by atoms with Crippen LogP contribution in [0, 0.1) is 11.9 Å². The lowest BCUT2D eigenvalue weighted by molar-refractivity contribution is 0.347. The minimum Gasteiger partial charge on any atom is -0.228 e. The van der Waals surface area contributed by atoms with Crippen LogP contribution < -0.4 is 0 Å². The van der Waals surface area contributed by atoms with Gasteiger partial charge in [0.2, 0.25) is 5.95 Å². The van der Waals surface area contributed by atoms with E-state index in [1.807, 2.05) is 6.07 Å². The second-order valence-corrected chi connectivity index (χ2v) is 4.37. The number of hydrogen-bond acceptors (Lipinski definition) is 1. The summed E-state index contributed by atoms with van der Waals surface area (Å²) in [5, 5.41) is 0. The molecule has 0 N–H and O–H groups in total. The van der Waals surface area contributed by atoms with Gasteiger partial charge in [-0.2, -0.15) is 4.39 Å². The summed E-state index contributed by atoms with van der Waals surface area (Å²) in [7, 11) is 0. The Hall–Kier alpha value is -0.920. The van der Waals surface area contributed by atoms with Crippen LogP contribution in [-0.4, -0.2) is 4.98 Å². The lowest BCUT2D eigenvalue weighted by Crippen LogP contribution is -2.11. The molecule has 1 saturated carbocycles. The molecule has 2 rings (SSSR count). The van der Waals surface area contributed by atoms with Crippen LogP contribution in [0.3, 0.4) is 0 Å². The van der Waals surface area contributed by atoms with Crippen LogP contribution >= 0.6 is 0 Å². The maximum absolute atomic E-state index is 12.6. The highest BCUT2D eigenvalue weighted by Crippen LogP contribution is 2.34. The van der Waals surface area contributed by atoms with E-state index in [2.05, 4.69) is 11.9 Å². The fourth-order valence-electron chi connectivity index (χ4n) is 2.22. The van der Waals surface area contributed by atoms with E-state index in [1.54, 1.807) is 6.20 Å². The Bertz CT molecular complexity index is 286. The summed E-state index contributed by atoms with van der Waals surface area (Å²) in [6.07, 6.45) is 6.74. The van der Waals surface area contributed by atoms with Crippen molar-refractivity contribution in [3.63, 3.8) is 0 Å². The van der Waals surface area contributed by atoms with Gasteiger partial charge in [-0.25, -0.2) is 4.98 Å². The highest BCUT2D eigenvalue weighted by atomic mass is 19.1. The number of nitrogens with zero attached hydrogens (tertiary/aromatic N) is 1. The maximum Gasteiger partial charge on any atom is 0.212 e. The summed E-state index contributed by atoms with van der Waals surface area (Å²) >= 11 is 0. The summed E-state index contributed by atoms with van der Waals surface area (Å²) in [5.41, 5.74) is 1.21.